The molecule has 1 atom stereocenters. The molecule has 6 nitrogen and oxygen atoms in total. The molecule has 0 aromatic carbocycles. The van der Waals surface area contributed by atoms with Crippen LogP contribution in [0.2, 0.25) is 0 Å². The molecule has 6 heteroatoms. The Balaban J connectivity index is 1.70. The van der Waals surface area contributed by atoms with Crippen molar-refractivity contribution in [1.29, 1.82) is 0 Å². The second kappa shape index (κ2) is 8.74. The van der Waals surface area contributed by atoms with Crippen molar-refractivity contribution in [3.8, 4) is 0 Å². The van der Waals surface area contributed by atoms with Gasteiger partial charge < -0.3 is 19.4 Å². The van der Waals surface area contributed by atoms with Crippen molar-refractivity contribution < 1.29 is 18.7 Å². The molecule has 1 unspecified atom stereocenters. The largest absolute Gasteiger partial charge is 0.465 e. The van der Waals surface area contributed by atoms with Gasteiger partial charge in [0.25, 0.3) is 0 Å². The third-order valence-corrected chi connectivity index (χ3v) is 3.96. The lowest BCUT2D eigenvalue weighted by molar-refractivity contribution is -0.116. The molecule has 25 heavy (non-hydrogen) atoms. The lowest BCUT2D eigenvalue weighted by Crippen LogP contribution is -2.43. The van der Waals surface area contributed by atoms with Crippen LogP contribution in [0.3, 0.4) is 0 Å². The number of rotatable bonds is 5. The van der Waals surface area contributed by atoms with E-state index < -0.39 is 5.60 Å². The molecule has 1 aliphatic rings. The van der Waals surface area contributed by atoms with E-state index in [1.807, 2.05) is 20.8 Å². The molecule has 1 aromatic heterocycles. The van der Waals surface area contributed by atoms with Crippen molar-refractivity contribution in [3.63, 3.8) is 0 Å². The zero-order chi connectivity index (χ0) is 18.3. The van der Waals surface area contributed by atoms with E-state index in [-0.39, 0.29) is 12.0 Å². The molecule has 1 aromatic rings. The highest BCUT2D eigenvalue weighted by molar-refractivity contribution is 5.91. The van der Waals surface area contributed by atoms with Gasteiger partial charge >= 0.3 is 6.09 Å². The molecule has 1 fully saturated rings. The minimum absolute atomic E-state index is 0.142. The molecule has 138 valence electrons. The van der Waals surface area contributed by atoms with Crippen LogP contribution in [0.4, 0.5) is 4.79 Å². The number of hydrogen-bond acceptors (Lipinski definition) is 4. The average Bonchev–Trinajstić information content (AvgIpc) is 3.05. The predicted molar refractivity (Wildman–Crippen MR) is 95.9 cm³/mol. The summed E-state index contributed by atoms with van der Waals surface area (Å²) in [6.45, 7) is 7.64. The Kier molecular flexibility index (Phi) is 6.67. The molecule has 1 aliphatic heterocycles. The lowest BCUT2D eigenvalue weighted by Gasteiger charge is -2.34. The standard InChI is InChI=1S/C19H28N2O4/c1-19(2,3)25-18(23)21-12-4-6-15(14-21)10-11-20-17(22)9-8-16-7-5-13-24-16/h5,7-9,13,15H,4,6,10-12,14H2,1-3H3,(H,20,22). The van der Waals surface area contributed by atoms with E-state index in [0.29, 0.717) is 24.8 Å². The van der Waals surface area contributed by atoms with Crippen molar-refractivity contribution in [2.75, 3.05) is 19.6 Å². The van der Waals surface area contributed by atoms with E-state index in [4.69, 9.17) is 9.15 Å². The first kappa shape index (κ1) is 19.1. The fourth-order valence-corrected chi connectivity index (χ4v) is 2.80. The van der Waals surface area contributed by atoms with E-state index in [1.54, 1.807) is 29.4 Å². The average molecular weight is 348 g/mol. The highest BCUT2D eigenvalue weighted by atomic mass is 16.6. The number of carbonyl (C=O) groups is 2. The number of furan rings is 1. The molecule has 1 saturated heterocycles. The maximum Gasteiger partial charge on any atom is 0.410 e. The molecule has 2 amide bonds. The first-order valence-corrected chi connectivity index (χ1v) is 8.81. The van der Waals surface area contributed by atoms with Gasteiger partial charge in [-0.1, -0.05) is 0 Å². The summed E-state index contributed by atoms with van der Waals surface area (Å²) in [7, 11) is 0. The second-order valence-electron chi connectivity index (χ2n) is 7.36. The molecule has 0 bridgehead atoms. The molecular formula is C19H28N2O4. The summed E-state index contributed by atoms with van der Waals surface area (Å²) in [5.74, 6) is 0.891. The lowest BCUT2D eigenvalue weighted by atomic mass is 9.95. The van der Waals surface area contributed by atoms with Gasteiger partial charge in [-0.15, -0.1) is 0 Å². The summed E-state index contributed by atoms with van der Waals surface area (Å²) in [5.41, 5.74) is -0.474. The Bertz CT molecular complexity index is 587. The Morgan fingerprint density at radius 2 is 2.24 bits per heavy atom. The normalized spacial score (nSPS) is 18.4. The fourth-order valence-electron chi connectivity index (χ4n) is 2.80. The third-order valence-electron chi connectivity index (χ3n) is 3.96. The van der Waals surface area contributed by atoms with Crippen LogP contribution in [0, 0.1) is 5.92 Å². The SMILES string of the molecule is CC(C)(C)OC(=O)N1CCCC(CCNC(=O)C=Cc2ccco2)C1. The van der Waals surface area contributed by atoms with Crippen molar-refractivity contribution in [2.45, 2.75) is 45.6 Å². The number of nitrogens with zero attached hydrogens (tertiary/aromatic N) is 1. The van der Waals surface area contributed by atoms with E-state index >= 15 is 0 Å². The minimum Gasteiger partial charge on any atom is -0.465 e. The second-order valence-corrected chi connectivity index (χ2v) is 7.36. The first-order valence-electron chi connectivity index (χ1n) is 8.81. The van der Waals surface area contributed by atoms with Gasteiger partial charge in [-0.2, -0.15) is 0 Å². The molecule has 0 spiro atoms. The van der Waals surface area contributed by atoms with Gasteiger partial charge in [-0.25, -0.2) is 4.79 Å². The summed E-state index contributed by atoms with van der Waals surface area (Å²) < 4.78 is 10.6. The monoisotopic (exact) mass is 348 g/mol. The number of likely N-dealkylation sites (tertiary alicyclic amines) is 1. The summed E-state index contributed by atoms with van der Waals surface area (Å²) in [4.78, 5) is 25.7. The number of piperidine rings is 1. The zero-order valence-electron chi connectivity index (χ0n) is 15.3. The van der Waals surface area contributed by atoms with E-state index in [1.165, 1.54) is 6.08 Å². The summed E-state index contributed by atoms with van der Waals surface area (Å²) in [6.07, 6.45) is 7.31. The van der Waals surface area contributed by atoms with Crippen molar-refractivity contribution in [3.05, 3.63) is 30.2 Å². The molecule has 1 N–H and O–H groups in total. The van der Waals surface area contributed by atoms with Crippen molar-refractivity contribution in [2.24, 2.45) is 5.92 Å². The van der Waals surface area contributed by atoms with Gasteiger partial charge in [0.15, 0.2) is 0 Å². The van der Waals surface area contributed by atoms with Crippen LogP contribution in [0.5, 0.6) is 0 Å². The maximum atomic E-state index is 12.2. The van der Waals surface area contributed by atoms with Gasteiger partial charge in [-0.05, 0) is 64.2 Å². The quantitative estimate of drug-likeness (QED) is 0.827. The van der Waals surface area contributed by atoms with Crippen LogP contribution in [-0.4, -0.2) is 42.1 Å². The van der Waals surface area contributed by atoms with Crippen molar-refractivity contribution in [1.82, 2.24) is 10.2 Å². The van der Waals surface area contributed by atoms with E-state index in [2.05, 4.69) is 5.32 Å². The van der Waals surface area contributed by atoms with Gasteiger partial charge in [0.1, 0.15) is 11.4 Å². The molecule has 2 heterocycles. The number of hydrogen-bond donors (Lipinski definition) is 1. The smallest absolute Gasteiger partial charge is 0.410 e. The molecule has 0 radical (unpaired) electrons. The number of carbonyl (C=O) groups excluding carboxylic acids is 2. The van der Waals surface area contributed by atoms with E-state index in [9.17, 15) is 9.59 Å². The number of nitrogens with one attached hydrogen (secondary N) is 1. The van der Waals surface area contributed by atoms with Crippen LogP contribution in [0.1, 0.15) is 45.8 Å². The topological polar surface area (TPSA) is 71.8 Å². The first-order chi connectivity index (χ1) is 11.8. The zero-order valence-corrected chi connectivity index (χ0v) is 15.3. The van der Waals surface area contributed by atoms with Gasteiger partial charge in [0, 0.05) is 25.7 Å². The summed E-state index contributed by atoms with van der Waals surface area (Å²) in [6, 6.07) is 3.56. The third kappa shape index (κ3) is 7.03. The highest BCUT2D eigenvalue weighted by Crippen LogP contribution is 2.21. The van der Waals surface area contributed by atoms with E-state index in [0.717, 1.165) is 25.8 Å². The van der Waals surface area contributed by atoms with Crippen LogP contribution >= 0.6 is 0 Å². The van der Waals surface area contributed by atoms with Gasteiger partial charge in [-0.3, -0.25) is 4.79 Å². The van der Waals surface area contributed by atoms with Crippen LogP contribution in [0.25, 0.3) is 6.08 Å². The van der Waals surface area contributed by atoms with Gasteiger partial charge in [0.2, 0.25) is 5.91 Å². The Morgan fingerprint density at radius 3 is 2.92 bits per heavy atom. The highest BCUT2D eigenvalue weighted by Gasteiger charge is 2.27. The Hall–Kier alpha value is -2.24. The Labute approximate surface area is 149 Å². The van der Waals surface area contributed by atoms with Gasteiger partial charge in [0.05, 0.1) is 6.26 Å². The summed E-state index contributed by atoms with van der Waals surface area (Å²) >= 11 is 0. The molecule has 0 aliphatic carbocycles. The van der Waals surface area contributed by atoms with Crippen LogP contribution < -0.4 is 5.32 Å². The van der Waals surface area contributed by atoms with Crippen LogP contribution in [0.15, 0.2) is 28.9 Å². The molecule has 0 saturated carbocycles. The van der Waals surface area contributed by atoms with Crippen molar-refractivity contribution >= 4 is 18.1 Å². The molecule has 2 rings (SSSR count). The fraction of sp³-hybridized carbons (Fsp3) is 0.579. The number of ether oxygens (including phenoxy) is 1. The molecular weight excluding hydrogens is 320 g/mol. The summed E-state index contributed by atoms with van der Waals surface area (Å²) in [5, 5.41) is 2.87. The number of amides is 2. The predicted octanol–water partition coefficient (Wildman–Crippen LogP) is 3.45. The Morgan fingerprint density at radius 1 is 1.44 bits per heavy atom. The maximum absolute atomic E-state index is 12.2. The van der Waals surface area contributed by atoms with Crippen LogP contribution in [-0.2, 0) is 9.53 Å². The minimum atomic E-state index is -0.474.